The van der Waals surface area contributed by atoms with Crippen LogP contribution in [0.15, 0.2) is 57.9 Å². The molecule has 0 aliphatic heterocycles. The molecule has 0 saturated heterocycles. The molecular weight excluding hydrogens is 340 g/mol. The highest BCUT2D eigenvalue weighted by atomic mass is 16.6. The van der Waals surface area contributed by atoms with Crippen LogP contribution in [0.1, 0.15) is 0 Å². The topological polar surface area (TPSA) is 84.2 Å². The van der Waals surface area contributed by atoms with Crippen LogP contribution in [-0.2, 0) is 9.53 Å². The molecule has 26 heavy (non-hydrogen) atoms. The summed E-state index contributed by atoms with van der Waals surface area (Å²) in [5, 5.41) is 0.322. The van der Waals surface area contributed by atoms with Gasteiger partial charge in [0.15, 0.2) is 18.1 Å². The van der Waals surface area contributed by atoms with Crippen LogP contribution in [0.3, 0.4) is 0 Å². The number of para-hydroxylation sites is 2. The van der Waals surface area contributed by atoms with Gasteiger partial charge in [-0.05, 0) is 24.3 Å². The zero-order valence-electron chi connectivity index (χ0n) is 14.2. The number of benzene rings is 2. The molecule has 0 bridgehead atoms. The molecule has 0 aliphatic carbocycles. The van der Waals surface area contributed by atoms with Crippen molar-refractivity contribution < 1.29 is 28.2 Å². The highest BCUT2D eigenvalue weighted by Crippen LogP contribution is 2.30. The SMILES string of the molecule is COC(=O)COc1ccc2c(=O)c(Oc3ccccc3OC)coc2c1. The molecule has 1 aromatic heterocycles. The fourth-order valence-electron chi connectivity index (χ4n) is 2.27. The minimum atomic E-state index is -0.507. The van der Waals surface area contributed by atoms with E-state index in [0.29, 0.717) is 28.2 Å². The van der Waals surface area contributed by atoms with E-state index >= 15 is 0 Å². The molecule has 3 aromatic rings. The van der Waals surface area contributed by atoms with E-state index in [-0.39, 0.29) is 17.8 Å². The van der Waals surface area contributed by atoms with Crippen molar-refractivity contribution in [2.75, 3.05) is 20.8 Å². The van der Waals surface area contributed by atoms with E-state index in [1.807, 2.05) is 0 Å². The Kier molecular flexibility index (Phi) is 5.07. The Balaban J connectivity index is 1.89. The molecule has 134 valence electrons. The molecule has 0 spiro atoms. The summed E-state index contributed by atoms with van der Waals surface area (Å²) < 4.78 is 26.1. The normalized spacial score (nSPS) is 10.4. The maximum Gasteiger partial charge on any atom is 0.343 e. The summed E-state index contributed by atoms with van der Waals surface area (Å²) in [7, 11) is 2.79. The Bertz CT molecular complexity index is 991. The first-order valence-corrected chi connectivity index (χ1v) is 7.68. The number of carbonyl (C=O) groups excluding carboxylic acids is 1. The third kappa shape index (κ3) is 3.61. The van der Waals surface area contributed by atoms with Crippen LogP contribution in [0.4, 0.5) is 0 Å². The standard InChI is InChI=1S/C19H16O7/c1-22-14-5-3-4-6-15(14)26-17-10-25-16-9-12(24-11-18(20)23-2)7-8-13(16)19(17)21/h3-10H,11H2,1-2H3. The lowest BCUT2D eigenvalue weighted by Crippen LogP contribution is -2.12. The monoisotopic (exact) mass is 356 g/mol. The lowest BCUT2D eigenvalue weighted by molar-refractivity contribution is -0.142. The summed E-state index contributed by atoms with van der Waals surface area (Å²) >= 11 is 0. The molecular formula is C19H16O7. The second-order valence-electron chi connectivity index (χ2n) is 5.20. The first-order valence-electron chi connectivity index (χ1n) is 7.68. The van der Waals surface area contributed by atoms with Crippen molar-refractivity contribution in [3.63, 3.8) is 0 Å². The predicted octanol–water partition coefficient (Wildman–Crippen LogP) is 3.15. The number of fused-ring (bicyclic) bond motifs is 1. The zero-order valence-corrected chi connectivity index (χ0v) is 14.2. The van der Waals surface area contributed by atoms with Crippen LogP contribution in [-0.4, -0.2) is 26.8 Å². The van der Waals surface area contributed by atoms with Crippen LogP contribution < -0.4 is 19.6 Å². The molecule has 0 N–H and O–H groups in total. The lowest BCUT2D eigenvalue weighted by atomic mass is 10.2. The molecule has 0 aliphatic rings. The van der Waals surface area contributed by atoms with E-state index in [0.717, 1.165) is 0 Å². The number of hydrogen-bond donors (Lipinski definition) is 0. The first-order chi connectivity index (χ1) is 12.6. The van der Waals surface area contributed by atoms with Crippen molar-refractivity contribution in [2.45, 2.75) is 0 Å². The van der Waals surface area contributed by atoms with Crippen molar-refractivity contribution in [1.82, 2.24) is 0 Å². The Morgan fingerprint density at radius 3 is 2.54 bits per heavy atom. The van der Waals surface area contributed by atoms with Crippen molar-refractivity contribution in [3.05, 3.63) is 59.0 Å². The average molecular weight is 356 g/mol. The zero-order chi connectivity index (χ0) is 18.5. The van der Waals surface area contributed by atoms with Gasteiger partial charge in [-0.1, -0.05) is 12.1 Å². The number of hydrogen-bond acceptors (Lipinski definition) is 7. The smallest absolute Gasteiger partial charge is 0.343 e. The molecule has 7 heteroatoms. The Labute approximate surface area is 148 Å². The molecule has 2 aromatic carbocycles. The molecule has 0 radical (unpaired) electrons. The Morgan fingerprint density at radius 2 is 1.81 bits per heavy atom. The number of rotatable bonds is 6. The summed E-state index contributed by atoms with van der Waals surface area (Å²) in [6.07, 6.45) is 1.22. The van der Waals surface area contributed by atoms with Gasteiger partial charge in [-0.2, -0.15) is 0 Å². The van der Waals surface area contributed by atoms with Crippen LogP contribution in [0, 0.1) is 0 Å². The third-order valence-electron chi connectivity index (χ3n) is 3.59. The van der Waals surface area contributed by atoms with Crippen LogP contribution in [0.25, 0.3) is 11.0 Å². The van der Waals surface area contributed by atoms with Gasteiger partial charge >= 0.3 is 5.97 Å². The highest BCUT2D eigenvalue weighted by molar-refractivity contribution is 5.79. The number of ether oxygens (including phenoxy) is 4. The quantitative estimate of drug-likeness (QED) is 0.627. The third-order valence-corrected chi connectivity index (χ3v) is 3.59. The Morgan fingerprint density at radius 1 is 1.04 bits per heavy atom. The summed E-state index contributed by atoms with van der Waals surface area (Å²) in [4.78, 5) is 23.7. The lowest BCUT2D eigenvalue weighted by Gasteiger charge is -2.10. The van der Waals surface area contributed by atoms with Crippen molar-refractivity contribution >= 4 is 16.9 Å². The summed E-state index contributed by atoms with van der Waals surface area (Å²) in [6, 6.07) is 11.6. The van der Waals surface area contributed by atoms with Gasteiger partial charge in [-0.3, -0.25) is 4.79 Å². The summed E-state index contributed by atoms with van der Waals surface area (Å²) in [5.74, 6) is 0.806. The molecule has 0 saturated carbocycles. The molecule has 0 atom stereocenters. The van der Waals surface area contributed by atoms with Crippen LogP contribution in [0.5, 0.6) is 23.0 Å². The van der Waals surface area contributed by atoms with E-state index in [1.165, 1.54) is 26.5 Å². The maximum absolute atomic E-state index is 12.6. The van der Waals surface area contributed by atoms with E-state index < -0.39 is 5.97 Å². The summed E-state index contributed by atoms with van der Waals surface area (Å²) in [6.45, 7) is -0.235. The number of esters is 1. The van der Waals surface area contributed by atoms with E-state index in [4.69, 9.17) is 18.6 Å². The largest absolute Gasteiger partial charge is 0.493 e. The highest BCUT2D eigenvalue weighted by Gasteiger charge is 2.13. The van der Waals surface area contributed by atoms with Gasteiger partial charge in [0.1, 0.15) is 17.6 Å². The second kappa shape index (κ2) is 7.60. The molecule has 0 amide bonds. The van der Waals surface area contributed by atoms with Gasteiger partial charge in [-0.25, -0.2) is 4.79 Å². The van der Waals surface area contributed by atoms with Crippen molar-refractivity contribution in [1.29, 1.82) is 0 Å². The van der Waals surface area contributed by atoms with Crippen LogP contribution >= 0.6 is 0 Å². The number of carbonyl (C=O) groups is 1. The van der Waals surface area contributed by atoms with E-state index in [1.54, 1.807) is 36.4 Å². The average Bonchev–Trinajstić information content (AvgIpc) is 2.68. The first kappa shape index (κ1) is 17.3. The van der Waals surface area contributed by atoms with E-state index in [9.17, 15) is 9.59 Å². The van der Waals surface area contributed by atoms with Gasteiger partial charge in [0, 0.05) is 6.07 Å². The second-order valence-corrected chi connectivity index (χ2v) is 5.20. The van der Waals surface area contributed by atoms with Gasteiger partial charge in [-0.15, -0.1) is 0 Å². The molecule has 0 unspecified atom stereocenters. The maximum atomic E-state index is 12.6. The fourth-order valence-corrected chi connectivity index (χ4v) is 2.27. The Hall–Kier alpha value is -3.48. The van der Waals surface area contributed by atoms with Gasteiger partial charge in [0.25, 0.3) is 0 Å². The minimum absolute atomic E-state index is 0.0326. The van der Waals surface area contributed by atoms with Crippen molar-refractivity contribution in [3.8, 4) is 23.0 Å². The molecule has 0 fully saturated rings. The summed E-state index contributed by atoms with van der Waals surface area (Å²) in [5.41, 5.74) is -0.0265. The number of methoxy groups -OCH3 is 2. The van der Waals surface area contributed by atoms with E-state index in [2.05, 4.69) is 4.74 Å². The van der Waals surface area contributed by atoms with Gasteiger partial charge in [0.2, 0.25) is 11.2 Å². The predicted molar refractivity (Wildman–Crippen MR) is 93.1 cm³/mol. The molecule has 3 rings (SSSR count). The van der Waals surface area contributed by atoms with Crippen LogP contribution in [0.2, 0.25) is 0 Å². The minimum Gasteiger partial charge on any atom is -0.493 e. The molecule has 7 nitrogen and oxygen atoms in total. The van der Waals surface area contributed by atoms with Crippen molar-refractivity contribution in [2.24, 2.45) is 0 Å². The van der Waals surface area contributed by atoms with Gasteiger partial charge < -0.3 is 23.4 Å². The fraction of sp³-hybridized carbons (Fsp3) is 0.158. The van der Waals surface area contributed by atoms with Gasteiger partial charge in [0.05, 0.1) is 19.6 Å². The molecule has 1 heterocycles.